The molecule has 2 aromatic rings. The number of hydrogen-bond acceptors (Lipinski definition) is 8. The Morgan fingerprint density at radius 3 is 2.33 bits per heavy atom. The molecule has 11 nitrogen and oxygen atoms in total. The van der Waals surface area contributed by atoms with Crippen LogP contribution < -0.4 is 15.0 Å². The summed E-state index contributed by atoms with van der Waals surface area (Å²) in [7, 11) is -4.27. The molecule has 0 radical (unpaired) electrons. The van der Waals surface area contributed by atoms with E-state index < -0.39 is 46.2 Å². The third-order valence-corrected chi connectivity index (χ3v) is 7.78. The number of piperazine rings is 1. The topological polar surface area (TPSA) is 138 Å². The molecule has 3 heterocycles. The number of nitrogens with zero attached hydrogens (tertiary/aromatic N) is 3. The van der Waals surface area contributed by atoms with E-state index in [0.717, 1.165) is 22.6 Å². The summed E-state index contributed by atoms with van der Waals surface area (Å²) in [5.74, 6) is -1.60. The van der Waals surface area contributed by atoms with Crippen LogP contribution >= 0.6 is 0 Å². The zero-order chi connectivity index (χ0) is 26.3. The number of alkyl halides is 3. The first-order chi connectivity index (χ1) is 16.9. The fourth-order valence-electron chi connectivity index (χ4n) is 4.57. The van der Waals surface area contributed by atoms with Crippen LogP contribution in [0.4, 0.5) is 13.2 Å². The highest BCUT2D eigenvalue weighted by Crippen LogP contribution is 2.37. The van der Waals surface area contributed by atoms with E-state index in [9.17, 15) is 36.4 Å². The zero-order valence-electron chi connectivity index (χ0n) is 18.7. The predicted molar refractivity (Wildman–Crippen MR) is 114 cm³/mol. The van der Waals surface area contributed by atoms with E-state index >= 15 is 0 Å². The Balaban J connectivity index is 1.53. The third kappa shape index (κ3) is 5.08. The molecule has 4 rings (SSSR count). The summed E-state index contributed by atoms with van der Waals surface area (Å²) in [4.78, 5) is 29.7. The number of pyridine rings is 1. The lowest BCUT2D eigenvalue weighted by Gasteiger charge is -2.44. The summed E-state index contributed by atoms with van der Waals surface area (Å²) >= 11 is 0. The Morgan fingerprint density at radius 1 is 1.11 bits per heavy atom. The highest BCUT2D eigenvalue weighted by atomic mass is 32.2. The van der Waals surface area contributed by atoms with Gasteiger partial charge in [0.2, 0.25) is 21.8 Å². The highest BCUT2D eigenvalue weighted by Gasteiger charge is 2.54. The number of benzene rings is 1. The molecule has 0 saturated carbocycles. The fraction of sp³-hybridized carbons (Fsp3) is 0.381. The van der Waals surface area contributed by atoms with Gasteiger partial charge in [-0.15, -0.1) is 13.2 Å². The lowest BCUT2D eigenvalue weighted by atomic mass is 10.0. The lowest BCUT2D eigenvalue weighted by molar-refractivity contribution is -0.274. The van der Waals surface area contributed by atoms with Gasteiger partial charge in [-0.05, 0) is 43.2 Å². The number of nitrogens with one attached hydrogen (secondary N) is 1. The molecule has 2 saturated heterocycles. The first kappa shape index (κ1) is 25.7. The molecule has 2 bridgehead atoms. The van der Waals surface area contributed by atoms with Crippen molar-refractivity contribution in [2.45, 2.75) is 49.1 Å². The van der Waals surface area contributed by atoms with Gasteiger partial charge in [0, 0.05) is 25.6 Å². The first-order valence-corrected chi connectivity index (χ1v) is 12.1. The number of carbonyl (C=O) groups excluding carboxylic acids is 2. The maximum Gasteiger partial charge on any atom is 0.573 e. The van der Waals surface area contributed by atoms with Crippen molar-refractivity contribution in [1.82, 2.24) is 19.7 Å². The molecular formula is C21H21F3N4O7S. The number of carbonyl (C=O) groups is 2. The first-order valence-electron chi connectivity index (χ1n) is 10.6. The Kier molecular flexibility index (Phi) is 6.81. The van der Waals surface area contributed by atoms with E-state index in [4.69, 9.17) is 4.74 Å². The molecule has 194 valence electrons. The largest absolute Gasteiger partial charge is 0.573 e. The molecule has 2 fully saturated rings. The van der Waals surface area contributed by atoms with Crippen LogP contribution in [0.2, 0.25) is 0 Å². The van der Waals surface area contributed by atoms with Crippen LogP contribution in [0.15, 0.2) is 47.5 Å². The normalized spacial score (nSPS) is 22.2. The smallest absolute Gasteiger partial charge is 0.439 e. The molecule has 36 heavy (non-hydrogen) atoms. The molecule has 2 N–H and O–H groups in total. The van der Waals surface area contributed by atoms with Crippen molar-refractivity contribution in [2.75, 3.05) is 6.54 Å². The monoisotopic (exact) mass is 530 g/mol. The number of ether oxygens (including phenoxy) is 2. The number of hydroxylamine groups is 1. The molecule has 15 heteroatoms. The van der Waals surface area contributed by atoms with E-state index in [1.807, 2.05) is 0 Å². The number of amides is 2. The number of sulfonamides is 1. The van der Waals surface area contributed by atoms with Crippen molar-refractivity contribution >= 4 is 21.8 Å². The van der Waals surface area contributed by atoms with Crippen molar-refractivity contribution in [1.29, 1.82) is 0 Å². The Morgan fingerprint density at radius 2 is 1.78 bits per heavy atom. The van der Waals surface area contributed by atoms with Crippen LogP contribution in [-0.2, 0) is 19.6 Å². The number of hydrogen-bond donors (Lipinski definition) is 2. The Labute approximate surface area is 203 Å². The number of halogens is 3. The fourth-order valence-corrected chi connectivity index (χ4v) is 6.17. The van der Waals surface area contributed by atoms with Crippen LogP contribution in [0.1, 0.15) is 19.8 Å². The summed E-state index contributed by atoms with van der Waals surface area (Å²) in [6, 6.07) is 4.49. The van der Waals surface area contributed by atoms with Gasteiger partial charge >= 0.3 is 6.36 Å². The molecule has 0 unspecified atom stereocenters. The number of fused-ring (bicyclic) bond motifs is 2. The average molecular weight is 530 g/mol. The van der Waals surface area contributed by atoms with Crippen LogP contribution in [0.3, 0.4) is 0 Å². The summed E-state index contributed by atoms with van der Waals surface area (Å²) in [6.07, 6.45) is -2.92. The SMILES string of the molecule is CC(=O)N1[C@@H]2CC[C@H]1[C@H](C(=O)NO)N(S(=O)(=O)c1ccc(Oc3ccc(OC(F)(F)F)cc3)nc1)C2. The van der Waals surface area contributed by atoms with E-state index in [-0.39, 0.29) is 29.0 Å². The van der Waals surface area contributed by atoms with Gasteiger partial charge in [-0.3, -0.25) is 14.8 Å². The average Bonchev–Trinajstić information content (AvgIpc) is 3.13. The third-order valence-electron chi connectivity index (χ3n) is 5.95. The Bertz CT molecular complexity index is 1240. The standard InChI is InChI=1S/C21H21F3N4O7S/c1-12(29)28-13-2-8-17(28)19(20(30)26-31)27(11-13)36(32,33)16-7-9-18(25-10-16)34-14-3-5-15(6-4-14)35-21(22,23)24/h3-7,9-10,13,17,19,31H,2,8,11H2,1H3,(H,26,30)/t13-,17+,19-/m1/s1. The van der Waals surface area contributed by atoms with Crippen LogP contribution in [0.25, 0.3) is 0 Å². The summed E-state index contributed by atoms with van der Waals surface area (Å²) in [5.41, 5.74) is 1.49. The van der Waals surface area contributed by atoms with E-state index in [1.165, 1.54) is 41.6 Å². The molecule has 2 aliphatic heterocycles. The van der Waals surface area contributed by atoms with Gasteiger partial charge in [-0.25, -0.2) is 18.9 Å². The van der Waals surface area contributed by atoms with E-state index in [1.54, 1.807) is 0 Å². The van der Waals surface area contributed by atoms with Crippen molar-refractivity contribution in [2.24, 2.45) is 0 Å². The van der Waals surface area contributed by atoms with Crippen LogP contribution in [0.5, 0.6) is 17.4 Å². The maximum atomic E-state index is 13.4. The minimum atomic E-state index is -4.83. The van der Waals surface area contributed by atoms with Gasteiger partial charge < -0.3 is 14.4 Å². The van der Waals surface area contributed by atoms with Crippen molar-refractivity contribution < 1.29 is 45.9 Å². The predicted octanol–water partition coefficient (Wildman–Crippen LogP) is 2.03. The highest BCUT2D eigenvalue weighted by molar-refractivity contribution is 7.89. The Hall–Kier alpha value is -3.43. The van der Waals surface area contributed by atoms with Gasteiger partial charge in [-0.2, -0.15) is 4.31 Å². The summed E-state index contributed by atoms with van der Waals surface area (Å²) < 4.78 is 73.8. The molecule has 0 spiro atoms. The van der Waals surface area contributed by atoms with Crippen LogP contribution in [0, 0.1) is 0 Å². The quantitative estimate of drug-likeness (QED) is 0.428. The molecule has 2 aliphatic rings. The van der Waals surface area contributed by atoms with Gasteiger partial charge in [0.25, 0.3) is 5.91 Å². The molecule has 1 aromatic heterocycles. The molecule has 3 atom stereocenters. The van der Waals surface area contributed by atoms with Crippen LogP contribution in [-0.4, -0.2) is 70.7 Å². The molecule has 2 amide bonds. The maximum absolute atomic E-state index is 13.4. The zero-order valence-corrected chi connectivity index (χ0v) is 19.5. The van der Waals surface area contributed by atoms with Crippen molar-refractivity contribution in [3.05, 3.63) is 42.6 Å². The van der Waals surface area contributed by atoms with Crippen molar-refractivity contribution in [3.63, 3.8) is 0 Å². The minimum Gasteiger partial charge on any atom is -0.439 e. The van der Waals surface area contributed by atoms with Gasteiger partial charge in [0.1, 0.15) is 22.4 Å². The summed E-state index contributed by atoms with van der Waals surface area (Å²) in [5, 5.41) is 9.23. The second-order valence-electron chi connectivity index (χ2n) is 8.17. The van der Waals surface area contributed by atoms with Gasteiger partial charge in [0.05, 0.1) is 12.2 Å². The minimum absolute atomic E-state index is 0.0374. The van der Waals surface area contributed by atoms with Gasteiger partial charge in [-0.1, -0.05) is 0 Å². The van der Waals surface area contributed by atoms with E-state index in [0.29, 0.717) is 12.8 Å². The second-order valence-corrected chi connectivity index (χ2v) is 10.1. The van der Waals surface area contributed by atoms with Gasteiger partial charge in [0.15, 0.2) is 0 Å². The molecule has 0 aliphatic carbocycles. The van der Waals surface area contributed by atoms with Crippen molar-refractivity contribution in [3.8, 4) is 17.4 Å². The lowest BCUT2D eigenvalue weighted by Crippen LogP contribution is -2.66. The number of rotatable bonds is 6. The molecule has 1 aromatic carbocycles. The second kappa shape index (κ2) is 9.55. The molecular weight excluding hydrogens is 509 g/mol. The summed E-state index contributed by atoms with van der Waals surface area (Å²) in [6.45, 7) is 1.20. The van der Waals surface area contributed by atoms with E-state index in [2.05, 4.69) is 9.72 Å². The number of aromatic nitrogens is 1.